The number of carbonyl (C=O) groups excluding carboxylic acids is 1. The molecule has 2 heterocycles. The third-order valence-corrected chi connectivity index (χ3v) is 5.93. The predicted molar refractivity (Wildman–Crippen MR) is 127 cm³/mol. The first-order valence-corrected chi connectivity index (χ1v) is 11.3. The van der Waals surface area contributed by atoms with Crippen molar-refractivity contribution in [2.24, 2.45) is 0 Å². The number of ether oxygens (including phenoxy) is 1. The van der Waals surface area contributed by atoms with E-state index in [0.717, 1.165) is 32.0 Å². The SMILES string of the molecule is O=C(Nc1cccc(OC2CCNCC2)c1)c1cccc2[nH]c(-c3ccccc3C(F)(F)F)nc12. The molecule has 1 aromatic heterocycles. The molecule has 1 aliphatic heterocycles. The minimum Gasteiger partial charge on any atom is -0.490 e. The number of piperidine rings is 1. The third-order valence-electron chi connectivity index (χ3n) is 5.93. The molecule has 0 atom stereocenters. The monoisotopic (exact) mass is 480 g/mol. The molecule has 0 spiro atoms. The molecule has 3 N–H and O–H groups in total. The summed E-state index contributed by atoms with van der Waals surface area (Å²) >= 11 is 0. The number of carbonyl (C=O) groups is 1. The number of aromatic amines is 1. The van der Waals surface area contributed by atoms with Crippen molar-refractivity contribution in [3.63, 3.8) is 0 Å². The number of nitrogens with zero attached hydrogens (tertiary/aromatic N) is 1. The minimum absolute atomic E-state index is 0.0468. The maximum atomic E-state index is 13.5. The van der Waals surface area contributed by atoms with Gasteiger partial charge in [-0.15, -0.1) is 0 Å². The zero-order valence-corrected chi connectivity index (χ0v) is 18.7. The Morgan fingerprint density at radius 2 is 1.77 bits per heavy atom. The molecule has 0 radical (unpaired) electrons. The fourth-order valence-corrected chi connectivity index (χ4v) is 4.23. The van der Waals surface area contributed by atoms with Crippen LogP contribution >= 0.6 is 0 Å². The zero-order chi connectivity index (χ0) is 24.4. The van der Waals surface area contributed by atoms with Gasteiger partial charge in [0.2, 0.25) is 0 Å². The number of fused-ring (bicyclic) bond motifs is 1. The summed E-state index contributed by atoms with van der Waals surface area (Å²) in [6.45, 7) is 1.81. The van der Waals surface area contributed by atoms with Crippen LogP contribution in [-0.2, 0) is 6.18 Å². The molecule has 1 amide bonds. The quantitative estimate of drug-likeness (QED) is 0.346. The van der Waals surface area contributed by atoms with Crippen LogP contribution in [0.5, 0.6) is 5.75 Å². The predicted octanol–water partition coefficient (Wildman–Crippen LogP) is 5.63. The fourth-order valence-electron chi connectivity index (χ4n) is 4.23. The van der Waals surface area contributed by atoms with Crippen LogP contribution in [-0.4, -0.2) is 35.1 Å². The Labute approximate surface area is 199 Å². The Balaban J connectivity index is 1.41. The van der Waals surface area contributed by atoms with Crippen LogP contribution in [0.2, 0.25) is 0 Å². The van der Waals surface area contributed by atoms with E-state index in [0.29, 0.717) is 22.5 Å². The summed E-state index contributed by atoms with van der Waals surface area (Å²) in [5.74, 6) is 0.293. The second-order valence-electron chi connectivity index (χ2n) is 8.38. The zero-order valence-electron chi connectivity index (χ0n) is 18.7. The van der Waals surface area contributed by atoms with Crippen molar-refractivity contribution in [3.8, 4) is 17.1 Å². The van der Waals surface area contributed by atoms with Crippen molar-refractivity contribution in [3.05, 3.63) is 77.9 Å². The minimum atomic E-state index is -4.53. The van der Waals surface area contributed by atoms with Gasteiger partial charge in [-0.3, -0.25) is 4.79 Å². The highest BCUT2D eigenvalue weighted by Gasteiger charge is 2.34. The Hall–Kier alpha value is -3.85. The summed E-state index contributed by atoms with van der Waals surface area (Å²) in [6, 6.07) is 17.3. The first kappa shape index (κ1) is 22.9. The first-order chi connectivity index (χ1) is 16.9. The summed E-state index contributed by atoms with van der Waals surface area (Å²) in [5, 5.41) is 6.14. The summed E-state index contributed by atoms with van der Waals surface area (Å²) in [6.07, 6.45) is -2.58. The average molecular weight is 480 g/mol. The maximum Gasteiger partial charge on any atom is 0.417 e. The number of amides is 1. The summed E-state index contributed by atoms with van der Waals surface area (Å²) in [7, 11) is 0. The molecule has 0 saturated carbocycles. The highest BCUT2D eigenvalue weighted by Crippen LogP contribution is 2.36. The van der Waals surface area contributed by atoms with E-state index in [2.05, 4.69) is 20.6 Å². The molecule has 0 bridgehead atoms. The van der Waals surface area contributed by atoms with Gasteiger partial charge in [-0.1, -0.05) is 30.3 Å². The van der Waals surface area contributed by atoms with Gasteiger partial charge in [0.1, 0.15) is 23.2 Å². The number of halogens is 3. The second-order valence-corrected chi connectivity index (χ2v) is 8.38. The Bertz CT molecular complexity index is 1360. The molecule has 0 aliphatic carbocycles. The Morgan fingerprint density at radius 3 is 2.57 bits per heavy atom. The number of alkyl halides is 3. The topological polar surface area (TPSA) is 79.0 Å². The van der Waals surface area contributed by atoms with E-state index in [-0.39, 0.29) is 23.1 Å². The van der Waals surface area contributed by atoms with E-state index < -0.39 is 17.6 Å². The van der Waals surface area contributed by atoms with Crippen molar-refractivity contribution in [2.75, 3.05) is 18.4 Å². The maximum absolute atomic E-state index is 13.5. The van der Waals surface area contributed by atoms with Crippen LogP contribution in [0.1, 0.15) is 28.8 Å². The lowest BCUT2D eigenvalue weighted by Gasteiger charge is -2.24. The lowest BCUT2D eigenvalue weighted by Crippen LogP contribution is -2.34. The van der Waals surface area contributed by atoms with Crippen molar-refractivity contribution in [2.45, 2.75) is 25.1 Å². The van der Waals surface area contributed by atoms with Gasteiger partial charge in [-0.2, -0.15) is 13.2 Å². The van der Waals surface area contributed by atoms with Crippen molar-refractivity contribution < 1.29 is 22.7 Å². The smallest absolute Gasteiger partial charge is 0.417 e. The van der Waals surface area contributed by atoms with Crippen molar-refractivity contribution >= 4 is 22.6 Å². The molecule has 5 rings (SSSR count). The molecule has 6 nitrogen and oxygen atoms in total. The number of anilines is 1. The van der Waals surface area contributed by atoms with Gasteiger partial charge in [0.25, 0.3) is 5.91 Å². The van der Waals surface area contributed by atoms with E-state index in [1.165, 1.54) is 18.2 Å². The molecule has 4 aromatic rings. The van der Waals surface area contributed by atoms with E-state index in [4.69, 9.17) is 4.74 Å². The van der Waals surface area contributed by atoms with Gasteiger partial charge >= 0.3 is 6.18 Å². The van der Waals surface area contributed by atoms with Gasteiger partial charge in [0, 0.05) is 17.3 Å². The largest absolute Gasteiger partial charge is 0.490 e. The van der Waals surface area contributed by atoms with Gasteiger partial charge in [0.05, 0.1) is 16.6 Å². The lowest BCUT2D eigenvalue weighted by atomic mass is 10.1. The average Bonchev–Trinajstić information content (AvgIpc) is 3.29. The van der Waals surface area contributed by atoms with Crippen LogP contribution in [0.3, 0.4) is 0 Å². The standard InChI is InChI=1S/C26H23F3N4O2/c27-26(28,29)21-9-2-1-7-19(21)24-32-22-10-4-8-20(23(22)33-24)25(34)31-16-5-3-6-18(15-16)35-17-11-13-30-14-12-17/h1-10,15,17,30H,11-14H2,(H,31,34)(H,32,33). The molecule has 35 heavy (non-hydrogen) atoms. The Morgan fingerprint density at radius 1 is 1.00 bits per heavy atom. The fraction of sp³-hybridized carbons (Fsp3) is 0.231. The first-order valence-electron chi connectivity index (χ1n) is 11.3. The molecule has 0 unspecified atom stereocenters. The molecule has 1 saturated heterocycles. The molecule has 1 aliphatic rings. The number of H-pyrrole nitrogens is 1. The third kappa shape index (κ3) is 5.00. The number of nitrogens with one attached hydrogen (secondary N) is 3. The van der Waals surface area contributed by atoms with Crippen molar-refractivity contribution in [1.29, 1.82) is 0 Å². The van der Waals surface area contributed by atoms with Crippen LogP contribution in [0.4, 0.5) is 18.9 Å². The Kier molecular flexibility index (Phi) is 6.17. The van der Waals surface area contributed by atoms with Crippen LogP contribution < -0.4 is 15.4 Å². The molecule has 9 heteroatoms. The number of benzene rings is 3. The van der Waals surface area contributed by atoms with Crippen LogP contribution in [0, 0.1) is 0 Å². The molecule has 180 valence electrons. The van der Waals surface area contributed by atoms with E-state index in [1.54, 1.807) is 36.4 Å². The van der Waals surface area contributed by atoms with Gasteiger partial charge in [0.15, 0.2) is 0 Å². The second kappa shape index (κ2) is 9.42. The summed E-state index contributed by atoms with van der Waals surface area (Å²) in [5.41, 5.74) is 0.684. The molecule has 3 aromatic carbocycles. The molecule has 1 fully saturated rings. The number of hydrogen-bond donors (Lipinski definition) is 3. The molecular weight excluding hydrogens is 457 g/mol. The number of para-hydroxylation sites is 1. The molecular formula is C26H23F3N4O2. The van der Waals surface area contributed by atoms with E-state index in [1.807, 2.05) is 6.07 Å². The van der Waals surface area contributed by atoms with Gasteiger partial charge < -0.3 is 20.4 Å². The number of rotatable bonds is 5. The van der Waals surface area contributed by atoms with E-state index in [9.17, 15) is 18.0 Å². The lowest BCUT2D eigenvalue weighted by molar-refractivity contribution is -0.137. The normalized spacial score (nSPS) is 14.7. The van der Waals surface area contributed by atoms with Crippen LogP contribution in [0.25, 0.3) is 22.4 Å². The van der Waals surface area contributed by atoms with Gasteiger partial charge in [-0.05, 0) is 56.3 Å². The number of hydrogen-bond acceptors (Lipinski definition) is 4. The summed E-state index contributed by atoms with van der Waals surface area (Å²) < 4.78 is 46.5. The van der Waals surface area contributed by atoms with Crippen molar-refractivity contribution in [1.82, 2.24) is 15.3 Å². The van der Waals surface area contributed by atoms with Gasteiger partial charge in [-0.25, -0.2) is 4.98 Å². The highest BCUT2D eigenvalue weighted by molar-refractivity contribution is 6.11. The number of aromatic nitrogens is 2. The van der Waals surface area contributed by atoms with E-state index >= 15 is 0 Å². The number of imidazole rings is 1. The summed E-state index contributed by atoms with van der Waals surface area (Å²) in [4.78, 5) is 20.4. The van der Waals surface area contributed by atoms with Crippen LogP contribution in [0.15, 0.2) is 66.7 Å². The highest BCUT2D eigenvalue weighted by atomic mass is 19.4.